The maximum Gasteiger partial charge on any atom is 0.329 e. The number of likely N-dealkylation sites (tertiary alicyclic amines) is 1. The van der Waals surface area contributed by atoms with Crippen LogP contribution < -0.4 is 0 Å². The molecule has 0 bridgehead atoms. The third-order valence-corrected chi connectivity index (χ3v) is 9.57. The highest BCUT2D eigenvalue weighted by atomic mass is 16.6. The van der Waals surface area contributed by atoms with Gasteiger partial charge in [-0.05, 0) is 62.5 Å². The highest BCUT2D eigenvalue weighted by Crippen LogP contribution is 2.36. The standard InChI is InChI=1S/C39H55NO9/c1-27(23-29(3)34(41)26-46-5)15-9-7-10-16-28(2)35(47-6)24-32-21-20-30(4)39(45,49-32)36(42)37(43)40-22-14-13-19-33(40)38(44)48-25-31-17-11-8-12-18-31/h7-12,15-18,27,29-30,32-33,35,45H,13-14,19-26H2,1-6H3/b10-7+,15-9+,28-16+/t27-,29-,30-,32?,33?,35+,39-/m1/s1. The van der Waals surface area contributed by atoms with Crippen molar-refractivity contribution < 1.29 is 43.2 Å². The number of nitrogens with zero attached hydrogens (tertiary/aromatic N) is 1. The van der Waals surface area contributed by atoms with Gasteiger partial charge in [0.05, 0.1) is 12.2 Å². The Bertz CT molecular complexity index is 1340. The molecule has 10 heteroatoms. The maximum absolute atomic E-state index is 13.7. The molecule has 0 aliphatic carbocycles. The van der Waals surface area contributed by atoms with Crippen LogP contribution in [0.4, 0.5) is 0 Å². The maximum atomic E-state index is 13.7. The van der Waals surface area contributed by atoms with Crippen molar-refractivity contribution in [3.05, 3.63) is 71.8 Å². The summed E-state index contributed by atoms with van der Waals surface area (Å²) in [6.45, 7) is 8.03. The number of methoxy groups -OCH3 is 2. The van der Waals surface area contributed by atoms with Gasteiger partial charge in [0.25, 0.3) is 11.7 Å². The van der Waals surface area contributed by atoms with Gasteiger partial charge in [-0.1, -0.05) is 81.5 Å². The molecule has 1 amide bonds. The minimum atomic E-state index is -2.32. The Hall–Kier alpha value is -3.44. The SMILES string of the molecule is COCC(=O)[C@H](C)C[C@H](C)/C=C/C=C/C=C(\C)[C@H](CC1CC[C@@H](C)[C@](O)(C(=O)C(=O)N2CCCCC2C(=O)OCc2ccccc2)O1)OC. The minimum absolute atomic E-state index is 0.0658. The Morgan fingerprint density at radius 1 is 1.04 bits per heavy atom. The van der Waals surface area contributed by atoms with Crippen molar-refractivity contribution in [2.75, 3.05) is 27.4 Å². The van der Waals surface area contributed by atoms with Crippen molar-refractivity contribution >= 4 is 23.4 Å². The monoisotopic (exact) mass is 681 g/mol. The number of allylic oxidation sites excluding steroid dienone is 5. The number of aliphatic hydroxyl groups is 1. The van der Waals surface area contributed by atoms with Crippen molar-refractivity contribution in [3.63, 3.8) is 0 Å². The average Bonchev–Trinajstić information content (AvgIpc) is 3.10. The molecule has 1 aromatic carbocycles. The Morgan fingerprint density at radius 3 is 2.47 bits per heavy atom. The summed E-state index contributed by atoms with van der Waals surface area (Å²) < 4.78 is 22.3. The van der Waals surface area contributed by atoms with Crippen LogP contribution in [-0.2, 0) is 44.7 Å². The van der Waals surface area contributed by atoms with Crippen molar-refractivity contribution in [1.82, 2.24) is 4.90 Å². The number of carbonyl (C=O) groups excluding carboxylic acids is 4. The van der Waals surface area contributed by atoms with Crippen LogP contribution in [0, 0.1) is 17.8 Å². The number of carbonyl (C=O) groups is 4. The molecule has 7 atom stereocenters. The van der Waals surface area contributed by atoms with Crippen LogP contribution >= 0.6 is 0 Å². The lowest BCUT2D eigenvalue weighted by molar-refractivity contribution is -0.265. The van der Waals surface area contributed by atoms with Crippen molar-refractivity contribution in [2.24, 2.45) is 17.8 Å². The number of ether oxygens (including phenoxy) is 4. The average molecular weight is 682 g/mol. The van der Waals surface area contributed by atoms with E-state index in [9.17, 15) is 24.3 Å². The first-order valence-corrected chi connectivity index (χ1v) is 17.4. The molecule has 2 fully saturated rings. The van der Waals surface area contributed by atoms with Crippen LogP contribution in [-0.4, -0.2) is 84.9 Å². The Balaban J connectivity index is 1.60. The lowest BCUT2D eigenvalue weighted by Crippen LogP contribution is -2.60. The molecule has 1 N–H and O–H groups in total. The first-order valence-electron chi connectivity index (χ1n) is 17.4. The summed E-state index contributed by atoms with van der Waals surface area (Å²) in [7, 11) is 3.12. The van der Waals surface area contributed by atoms with Gasteiger partial charge >= 0.3 is 5.97 Å². The van der Waals surface area contributed by atoms with E-state index in [1.807, 2.05) is 68.5 Å². The predicted molar refractivity (Wildman–Crippen MR) is 186 cm³/mol. The Morgan fingerprint density at radius 2 is 1.78 bits per heavy atom. The van der Waals surface area contributed by atoms with Crippen LogP contribution in [0.2, 0.25) is 0 Å². The number of Topliss-reactive ketones (excluding diaryl/α,β-unsaturated/α-hetero) is 2. The summed E-state index contributed by atoms with van der Waals surface area (Å²) in [5.74, 6) is -5.25. The van der Waals surface area contributed by atoms with Gasteiger partial charge in [0.15, 0.2) is 5.78 Å². The fourth-order valence-corrected chi connectivity index (χ4v) is 6.42. The molecule has 0 spiro atoms. The van der Waals surface area contributed by atoms with Gasteiger partial charge in [-0.2, -0.15) is 0 Å². The third-order valence-electron chi connectivity index (χ3n) is 9.57. The van der Waals surface area contributed by atoms with Gasteiger partial charge in [-0.25, -0.2) is 4.79 Å². The second-order valence-corrected chi connectivity index (χ2v) is 13.5. The number of rotatable bonds is 17. The van der Waals surface area contributed by atoms with E-state index in [1.165, 1.54) is 12.0 Å². The van der Waals surface area contributed by atoms with Gasteiger partial charge in [-0.15, -0.1) is 0 Å². The molecule has 1 aromatic rings. The normalized spacial score (nSPS) is 25.2. The van der Waals surface area contributed by atoms with Crippen LogP contribution in [0.15, 0.2) is 66.3 Å². The first kappa shape index (κ1) is 40.0. The summed E-state index contributed by atoms with van der Waals surface area (Å²) >= 11 is 0. The van der Waals surface area contributed by atoms with E-state index in [4.69, 9.17) is 18.9 Å². The van der Waals surface area contributed by atoms with E-state index in [0.29, 0.717) is 32.1 Å². The van der Waals surface area contributed by atoms with E-state index >= 15 is 0 Å². The zero-order chi connectivity index (χ0) is 36.0. The summed E-state index contributed by atoms with van der Waals surface area (Å²) in [6, 6.07) is 8.35. The molecule has 2 aliphatic heterocycles. The number of amides is 1. The van der Waals surface area contributed by atoms with Gasteiger partial charge in [0, 0.05) is 39.0 Å². The van der Waals surface area contributed by atoms with E-state index in [0.717, 1.165) is 24.0 Å². The van der Waals surface area contributed by atoms with Crippen LogP contribution in [0.3, 0.4) is 0 Å². The molecule has 2 saturated heterocycles. The van der Waals surface area contributed by atoms with E-state index in [1.54, 1.807) is 14.0 Å². The zero-order valence-electron chi connectivity index (χ0n) is 30.0. The highest BCUT2D eigenvalue weighted by Gasteiger charge is 2.52. The lowest BCUT2D eigenvalue weighted by Gasteiger charge is -2.42. The highest BCUT2D eigenvalue weighted by molar-refractivity contribution is 6.39. The predicted octanol–water partition coefficient (Wildman–Crippen LogP) is 5.53. The molecule has 0 aromatic heterocycles. The van der Waals surface area contributed by atoms with E-state index in [2.05, 4.69) is 13.0 Å². The molecule has 0 radical (unpaired) electrons. The van der Waals surface area contributed by atoms with Gasteiger partial charge in [0.2, 0.25) is 5.79 Å². The summed E-state index contributed by atoms with van der Waals surface area (Å²) in [5.41, 5.74) is 1.75. The molecule has 3 rings (SSSR count). The second kappa shape index (κ2) is 19.7. The second-order valence-electron chi connectivity index (χ2n) is 13.5. The Kier molecular flexibility index (Phi) is 16.1. The molecule has 270 valence electrons. The van der Waals surface area contributed by atoms with Gasteiger partial charge in [-0.3, -0.25) is 14.4 Å². The van der Waals surface area contributed by atoms with E-state index < -0.39 is 41.5 Å². The fourth-order valence-electron chi connectivity index (χ4n) is 6.42. The molecule has 10 nitrogen and oxygen atoms in total. The number of piperidine rings is 1. The van der Waals surface area contributed by atoms with Crippen LogP contribution in [0.1, 0.15) is 78.2 Å². The molecule has 2 heterocycles. The van der Waals surface area contributed by atoms with Crippen LogP contribution in [0.25, 0.3) is 0 Å². The quantitative estimate of drug-likeness (QED) is 0.128. The Labute approximate surface area is 291 Å². The number of benzene rings is 1. The molecule has 0 saturated carbocycles. The summed E-state index contributed by atoms with van der Waals surface area (Å²) in [4.78, 5) is 53.6. The molecular formula is C39H55NO9. The number of hydrogen-bond acceptors (Lipinski definition) is 9. The molecule has 2 unspecified atom stereocenters. The van der Waals surface area contributed by atoms with E-state index in [-0.39, 0.29) is 43.5 Å². The summed E-state index contributed by atoms with van der Waals surface area (Å²) in [5, 5.41) is 11.6. The van der Waals surface area contributed by atoms with Crippen molar-refractivity contribution in [2.45, 2.75) is 103 Å². The van der Waals surface area contributed by atoms with Crippen LogP contribution in [0.5, 0.6) is 0 Å². The number of ketones is 2. The molecular weight excluding hydrogens is 626 g/mol. The van der Waals surface area contributed by atoms with Gasteiger partial charge < -0.3 is 29.0 Å². The zero-order valence-corrected chi connectivity index (χ0v) is 30.0. The van der Waals surface area contributed by atoms with Crippen molar-refractivity contribution in [3.8, 4) is 0 Å². The largest absolute Gasteiger partial charge is 0.459 e. The lowest BCUT2D eigenvalue weighted by atomic mass is 9.85. The third kappa shape index (κ3) is 11.6. The molecule has 49 heavy (non-hydrogen) atoms. The minimum Gasteiger partial charge on any atom is -0.459 e. The number of hydrogen-bond donors (Lipinski definition) is 1. The first-order chi connectivity index (χ1) is 23.4. The topological polar surface area (TPSA) is 129 Å². The smallest absolute Gasteiger partial charge is 0.329 e. The van der Waals surface area contributed by atoms with Crippen molar-refractivity contribution in [1.29, 1.82) is 0 Å². The van der Waals surface area contributed by atoms with Gasteiger partial charge in [0.1, 0.15) is 19.3 Å². The molecule has 2 aliphatic rings. The number of esters is 1. The summed E-state index contributed by atoms with van der Waals surface area (Å²) in [6.07, 6.45) is 12.8. The fraction of sp³-hybridized carbons (Fsp3) is 0.590.